The summed E-state index contributed by atoms with van der Waals surface area (Å²) in [5.41, 5.74) is 4.07. The van der Waals surface area contributed by atoms with Crippen molar-refractivity contribution in [3.05, 3.63) is 52.2 Å². The van der Waals surface area contributed by atoms with E-state index in [1.54, 1.807) is 11.7 Å². The molecule has 3 aromatic rings. The van der Waals surface area contributed by atoms with Gasteiger partial charge in [-0.15, -0.1) is 0 Å². The molecule has 8 nitrogen and oxygen atoms in total. The maximum Gasteiger partial charge on any atom is 0.264 e. The highest BCUT2D eigenvalue weighted by Crippen LogP contribution is 2.23. The Hall–Kier alpha value is -3.16. The minimum absolute atomic E-state index is 0.000139. The number of nitrogens with zero attached hydrogens (tertiary/aromatic N) is 6. The maximum absolute atomic E-state index is 12.7. The molecule has 1 aliphatic rings. The quantitative estimate of drug-likeness (QED) is 0.680. The third kappa shape index (κ3) is 3.15. The molecule has 4 rings (SSSR count). The first-order valence-corrected chi connectivity index (χ1v) is 9.42. The lowest BCUT2D eigenvalue weighted by atomic mass is 10.1. The topological polar surface area (TPSA) is 76.3 Å². The molecule has 28 heavy (non-hydrogen) atoms. The van der Waals surface area contributed by atoms with Crippen molar-refractivity contribution in [2.45, 2.75) is 20.4 Å². The molecule has 0 saturated carbocycles. The van der Waals surface area contributed by atoms with E-state index in [1.807, 2.05) is 4.90 Å². The second kappa shape index (κ2) is 7.10. The molecule has 3 heterocycles. The van der Waals surface area contributed by atoms with Crippen LogP contribution in [0.5, 0.6) is 0 Å². The molecule has 0 bridgehead atoms. The van der Waals surface area contributed by atoms with Crippen molar-refractivity contribution in [1.29, 1.82) is 0 Å². The monoisotopic (exact) mass is 380 g/mol. The van der Waals surface area contributed by atoms with Crippen molar-refractivity contribution in [2.75, 3.05) is 31.1 Å². The third-order valence-corrected chi connectivity index (χ3v) is 5.57. The first kappa shape index (κ1) is 18.2. The summed E-state index contributed by atoms with van der Waals surface area (Å²) in [5, 5.41) is 4.49. The van der Waals surface area contributed by atoms with Crippen molar-refractivity contribution in [3.63, 3.8) is 0 Å². The Kier molecular flexibility index (Phi) is 4.62. The molecule has 0 radical (unpaired) electrons. The smallest absolute Gasteiger partial charge is 0.264 e. The van der Waals surface area contributed by atoms with Crippen LogP contribution in [0.2, 0.25) is 0 Å². The predicted octanol–water partition coefficient (Wildman–Crippen LogP) is 1.10. The fourth-order valence-corrected chi connectivity index (χ4v) is 3.70. The van der Waals surface area contributed by atoms with E-state index in [0.717, 1.165) is 13.1 Å². The lowest BCUT2D eigenvalue weighted by Gasteiger charge is -2.37. The van der Waals surface area contributed by atoms with E-state index in [9.17, 15) is 9.59 Å². The van der Waals surface area contributed by atoms with Crippen molar-refractivity contribution < 1.29 is 4.79 Å². The number of piperazine rings is 1. The van der Waals surface area contributed by atoms with E-state index < -0.39 is 0 Å². The van der Waals surface area contributed by atoms with Crippen LogP contribution < -0.4 is 10.5 Å². The zero-order valence-electron chi connectivity index (χ0n) is 16.4. The lowest BCUT2D eigenvalue weighted by molar-refractivity contribution is -0.132. The number of aromatic nitrogens is 4. The molecule has 1 aromatic carbocycles. The molecule has 1 amide bonds. The molecule has 0 atom stereocenters. The summed E-state index contributed by atoms with van der Waals surface area (Å²) in [4.78, 5) is 33.7. The first-order valence-electron chi connectivity index (χ1n) is 9.42. The van der Waals surface area contributed by atoms with Crippen LogP contribution in [0.4, 0.5) is 5.69 Å². The van der Waals surface area contributed by atoms with Crippen LogP contribution in [0.15, 0.2) is 35.5 Å². The SMILES string of the molecule is Cc1cccc(N2CCN(C(=O)Cn3cnc4c(cnn4C)c3=O)CC2)c1C. The molecule has 0 spiro atoms. The number of rotatable bonds is 3. The highest BCUT2D eigenvalue weighted by Gasteiger charge is 2.23. The zero-order valence-corrected chi connectivity index (χ0v) is 16.4. The van der Waals surface area contributed by atoms with Crippen LogP contribution in [0.3, 0.4) is 0 Å². The normalized spacial score (nSPS) is 14.7. The van der Waals surface area contributed by atoms with Gasteiger partial charge in [0.1, 0.15) is 18.3 Å². The highest BCUT2D eigenvalue weighted by atomic mass is 16.2. The van der Waals surface area contributed by atoms with E-state index in [4.69, 9.17) is 0 Å². The van der Waals surface area contributed by atoms with Gasteiger partial charge in [0.05, 0.1) is 6.20 Å². The molecule has 1 fully saturated rings. The fraction of sp³-hybridized carbons (Fsp3) is 0.400. The molecular weight excluding hydrogens is 356 g/mol. The molecule has 1 aliphatic heterocycles. The number of benzene rings is 1. The zero-order chi connectivity index (χ0) is 19.8. The summed E-state index contributed by atoms with van der Waals surface area (Å²) in [5.74, 6) is -0.0623. The number of carbonyl (C=O) groups is 1. The molecule has 146 valence electrons. The van der Waals surface area contributed by atoms with Gasteiger partial charge in [-0.05, 0) is 31.0 Å². The summed E-state index contributed by atoms with van der Waals surface area (Å²) < 4.78 is 2.92. The molecule has 0 N–H and O–H groups in total. The summed E-state index contributed by atoms with van der Waals surface area (Å²) >= 11 is 0. The molecule has 1 saturated heterocycles. The summed E-state index contributed by atoms with van der Waals surface area (Å²) in [6.45, 7) is 7.10. The second-order valence-electron chi connectivity index (χ2n) is 7.27. The van der Waals surface area contributed by atoms with Crippen molar-refractivity contribution >= 4 is 22.6 Å². The number of amides is 1. The number of hydrogen-bond donors (Lipinski definition) is 0. The number of fused-ring (bicyclic) bond motifs is 1. The van der Waals surface area contributed by atoms with Gasteiger partial charge in [0.2, 0.25) is 5.91 Å². The Balaban J connectivity index is 1.44. The maximum atomic E-state index is 12.7. The number of aryl methyl sites for hydroxylation is 2. The second-order valence-corrected chi connectivity index (χ2v) is 7.27. The van der Waals surface area contributed by atoms with E-state index in [2.05, 4.69) is 47.0 Å². The Morgan fingerprint density at radius 2 is 1.89 bits per heavy atom. The Labute approximate surface area is 163 Å². The Bertz CT molecular complexity index is 1090. The van der Waals surface area contributed by atoms with Gasteiger partial charge in [-0.2, -0.15) is 5.10 Å². The molecular formula is C20H24N6O2. The van der Waals surface area contributed by atoms with Gasteiger partial charge in [-0.1, -0.05) is 12.1 Å². The van der Waals surface area contributed by atoms with Crippen molar-refractivity contribution in [1.82, 2.24) is 24.2 Å². The van der Waals surface area contributed by atoms with Gasteiger partial charge in [-0.3, -0.25) is 18.8 Å². The van der Waals surface area contributed by atoms with Crippen LogP contribution in [-0.4, -0.2) is 56.3 Å². The average molecular weight is 380 g/mol. The van der Waals surface area contributed by atoms with Crippen LogP contribution >= 0.6 is 0 Å². The Morgan fingerprint density at radius 3 is 2.64 bits per heavy atom. The van der Waals surface area contributed by atoms with E-state index >= 15 is 0 Å². The van der Waals surface area contributed by atoms with Gasteiger partial charge < -0.3 is 9.80 Å². The summed E-state index contributed by atoms with van der Waals surface area (Å²) in [7, 11) is 1.74. The fourth-order valence-electron chi connectivity index (χ4n) is 3.70. The molecule has 8 heteroatoms. The minimum atomic E-state index is -0.236. The number of anilines is 1. The standard InChI is InChI=1S/C20H24N6O2/c1-14-5-4-6-17(15(14)2)24-7-9-25(10-8-24)18(27)12-26-13-21-19-16(20(26)28)11-22-23(19)3/h4-6,11,13H,7-10,12H2,1-3H3. The van der Waals surface area contributed by atoms with E-state index in [-0.39, 0.29) is 18.0 Å². The van der Waals surface area contributed by atoms with Gasteiger partial charge in [0.25, 0.3) is 5.56 Å². The van der Waals surface area contributed by atoms with Gasteiger partial charge in [0.15, 0.2) is 5.65 Å². The van der Waals surface area contributed by atoms with Crippen molar-refractivity contribution in [2.24, 2.45) is 7.05 Å². The lowest BCUT2D eigenvalue weighted by Crippen LogP contribution is -2.50. The number of hydrogen-bond acceptors (Lipinski definition) is 5. The minimum Gasteiger partial charge on any atom is -0.368 e. The van der Waals surface area contributed by atoms with E-state index in [0.29, 0.717) is 24.1 Å². The third-order valence-electron chi connectivity index (χ3n) is 5.57. The number of carbonyl (C=O) groups excluding carboxylic acids is 1. The molecule has 0 unspecified atom stereocenters. The average Bonchev–Trinajstić information content (AvgIpc) is 3.08. The van der Waals surface area contributed by atoms with Gasteiger partial charge >= 0.3 is 0 Å². The highest BCUT2D eigenvalue weighted by molar-refractivity contribution is 5.77. The predicted molar refractivity (Wildman–Crippen MR) is 107 cm³/mol. The van der Waals surface area contributed by atoms with E-state index in [1.165, 1.54) is 33.9 Å². The van der Waals surface area contributed by atoms with Crippen LogP contribution in [-0.2, 0) is 18.4 Å². The first-order chi connectivity index (χ1) is 13.5. The van der Waals surface area contributed by atoms with Crippen LogP contribution in [0, 0.1) is 13.8 Å². The molecule has 2 aromatic heterocycles. The van der Waals surface area contributed by atoms with Gasteiger partial charge in [-0.25, -0.2) is 4.98 Å². The largest absolute Gasteiger partial charge is 0.368 e. The van der Waals surface area contributed by atoms with Gasteiger partial charge in [0, 0.05) is 38.9 Å². The Morgan fingerprint density at radius 1 is 1.14 bits per heavy atom. The summed E-state index contributed by atoms with van der Waals surface area (Å²) in [6.07, 6.45) is 2.92. The van der Waals surface area contributed by atoms with Crippen LogP contribution in [0.1, 0.15) is 11.1 Å². The van der Waals surface area contributed by atoms with Crippen molar-refractivity contribution in [3.8, 4) is 0 Å². The summed E-state index contributed by atoms with van der Waals surface area (Å²) in [6, 6.07) is 6.32. The van der Waals surface area contributed by atoms with Crippen LogP contribution in [0.25, 0.3) is 11.0 Å². The molecule has 0 aliphatic carbocycles.